The molecule has 0 atom stereocenters. The number of hydrogen-bond acceptors (Lipinski definition) is 4. The zero-order chi connectivity index (χ0) is 12.1. The molecule has 0 aromatic carbocycles. The molecule has 0 spiro atoms. The number of hydrogen-bond donors (Lipinski definition) is 1. The van der Waals surface area contributed by atoms with Gasteiger partial charge in [-0.05, 0) is 26.7 Å². The van der Waals surface area contributed by atoms with Crippen LogP contribution in [0.5, 0.6) is 5.75 Å². The molecule has 0 saturated heterocycles. The van der Waals surface area contributed by atoms with Gasteiger partial charge < -0.3 is 10.0 Å². The lowest BCUT2D eigenvalue weighted by atomic mass is 10.2. The van der Waals surface area contributed by atoms with Gasteiger partial charge in [0.25, 0.3) is 0 Å². The van der Waals surface area contributed by atoms with E-state index in [9.17, 15) is 5.11 Å². The lowest BCUT2D eigenvalue weighted by Crippen LogP contribution is -2.25. The highest BCUT2D eigenvalue weighted by Gasteiger charge is 2.13. The number of anilines is 1. The van der Waals surface area contributed by atoms with E-state index in [2.05, 4.69) is 28.7 Å². The van der Waals surface area contributed by atoms with E-state index in [1.165, 1.54) is 0 Å². The molecule has 0 radical (unpaired) electrons. The van der Waals surface area contributed by atoms with Crippen LogP contribution in [0.2, 0.25) is 0 Å². The van der Waals surface area contributed by atoms with Gasteiger partial charge in [-0.1, -0.05) is 13.8 Å². The predicted molar refractivity (Wildman–Crippen MR) is 66.0 cm³/mol. The predicted octanol–water partition coefficient (Wildman–Crippen LogP) is 2.15. The van der Waals surface area contributed by atoms with E-state index in [1.54, 1.807) is 0 Å². The van der Waals surface area contributed by atoms with Gasteiger partial charge in [-0.3, -0.25) is 0 Å². The first-order valence-corrected chi connectivity index (χ1v) is 6.01. The Labute approximate surface area is 97.3 Å². The van der Waals surface area contributed by atoms with Crippen LogP contribution in [0.25, 0.3) is 0 Å². The Bertz CT molecular complexity index is 323. The molecule has 0 bridgehead atoms. The molecular formula is C12H21N3O. The van der Waals surface area contributed by atoms with E-state index in [0.717, 1.165) is 43.3 Å². The normalized spacial score (nSPS) is 10.5. The molecule has 4 nitrogen and oxygen atoms in total. The molecule has 0 unspecified atom stereocenters. The minimum Gasteiger partial charge on any atom is -0.504 e. The van der Waals surface area contributed by atoms with Crippen molar-refractivity contribution in [2.75, 3.05) is 18.0 Å². The molecule has 90 valence electrons. The maximum atomic E-state index is 9.90. The smallest absolute Gasteiger partial charge is 0.226 e. The molecule has 1 aromatic heterocycles. The van der Waals surface area contributed by atoms with Gasteiger partial charge in [0.1, 0.15) is 0 Å². The van der Waals surface area contributed by atoms with Gasteiger partial charge in [0.2, 0.25) is 5.95 Å². The van der Waals surface area contributed by atoms with Crippen LogP contribution in [0.3, 0.4) is 0 Å². The van der Waals surface area contributed by atoms with Crippen LogP contribution in [0.1, 0.15) is 39.1 Å². The van der Waals surface area contributed by atoms with Crippen molar-refractivity contribution < 1.29 is 5.11 Å². The minimum atomic E-state index is 0.265. The van der Waals surface area contributed by atoms with Crippen molar-refractivity contribution in [2.24, 2.45) is 0 Å². The lowest BCUT2D eigenvalue weighted by Gasteiger charge is -2.20. The van der Waals surface area contributed by atoms with Gasteiger partial charge in [0.05, 0.1) is 11.4 Å². The van der Waals surface area contributed by atoms with Gasteiger partial charge in [-0.25, -0.2) is 9.97 Å². The molecular weight excluding hydrogens is 202 g/mol. The Balaban J connectivity index is 3.20. The van der Waals surface area contributed by atoms with Crippen molar-refractivity contribution in [1.29, 1.82) is 0 Å². The number of aromatic hydroxyl groups is 1. The molecule has 1 aromatic rings. The van der Waals surface area contributed by atoms with Crippen molar-refractivity contribution >= 4 is 5.95 Å². The Morgan fingerprint density at radius 1 is 0.938 bits per heavy atom. The number of nitrogens with zero attached hydrogens (tertiary/aromatic N) is 3. The fourth-order valence-corrected chi connectivity index (χ4v) is 1.68. The van der Waals surface area contributed by atoms with Crippen molar-refractivity contribution in [3.63, 3.8) is 0 Å². The van der Waals surface area contributed by atoms with E-state index in [1.807, 2.05) is 13.8 Å². The van der Waals surface area contributed by atoms with Crippen LogP contribution in [0.15, 0.2) is 0 Å². The molecule has 1 heterocycles. The summed E-state index contributed by atoms with van der Waals surface area (Å²) in [5.74, 6) is 0.998. The lowest BCUT2D eigenvalue weighted by molar-refractivity contribution is 0.453. The molecule has 16 heavy (non-hydrogen) atoms. The highest BCUT2D eigenvalue weighted by atomic mass is 16.3. The summed E-state index contributed by atoms with van der Waals surface area (Å²) >= 11 is 0. The fourth-order valence-electron chi connectivity index (χ4n) is 1.68. The average Bonchev–Trinajstić information content (AvgIpc) is 2.32. The van der Waals surface area contributed by atoms with Crippen molar-refractivity contribution in [2.45, 2.75) is 40.5 Å². The fraction of sp³-hybridized carbons (Fsp3) is 0.667. The number of aryl methyl sites for hydroxylation is 2. The topological polar surface area (TPSA) is 49.2 Å². The van der Waals surface area contributed by atoms with Crippen LogP contribution < -0.4 is 4.90 Å². The van der Waals surface area contributed by atoms with E-state index >= 15 is 0 Å². The SMILES string of the molecule is CCc1nc(N(CC)CC)nc(CC)c1O. The Hall–Kier alpha value is -1.32. The second kappa shape index (κ2) is 5.68. The van der Waals surface area contributed by atoms with Crippen LogP contribution in [-0.2, 0) is 12.8 Å². The van der Waals surface area contributed by atoms with Crippen LogP contribution >= 0.6 is 0 Å². The highest BCUT2D eigenvalue weighted by molar-refractivity contribution is 5.40. The molecule has 0 aliphatic heterocycles. The Morgan fingerprint density at radius 3 is 1.69 bits per heavy atom. The summed E-state index contributed by atoms with van der Waals surface area (Å²) in [6.45, 7) is 9.91. The van der Waals surface area contributed by atoms with Gasteiger partial charge in [-0.2, -0.15) is 0 Å². The maximum absolute atomic E-state index is 9.90. The molecule has 0 saturated carbocycles. The van der Waals surface area contributed by atoms with E-state index in [-0.39, 0.29) is 5.75 Å². The highest BCUT2D eigenvalue weighted by Crippen LogP contribution is 2.23. The first-order valence-electron chi connectivity index (χ1n) is 6.01. The first-order chi connectivity index (χ1) is 7.67. The van der Waals surface area contributed by atoms with Crippen molar-refractivity contribution in [3.05, 3.63) is 11.4 Å². The van der Waals surface area contributed by atoms with E-state index in [4.69, 9.17) is 0 Å². The minimum absolute atomic E-state index is 0.265. The quantitative estimate of drug-likeness (QED) is 0.831. The van der Waals surface area contributed by atoms with Gasteiger partial charge >= 0.3 is 0 Å². The third-order valence-electron chi connectivity index (χ3n) is 2.73. The standard InChI is InChI=1S/C12H21N3O/c1-5-9-11(16)10(6-2)14-12(13-9)15(7-3)8-4/h16H,5-8H2,1-4H3. The van der Waals surface area contributed by atoms with Crippen molar-refractivity contribution in [3.8, 4) is 5.75 Å². The monoisotopic (exact) mass is 223 g/mol. The molecule has 0 fully saturated rings. The summed E-state index contributed by atoms with van der Waals surface area (Å²) in [4.78, 5) is 10.9. The van der Waals surface area contributed by atoms with Crippen molar-refractivity contribution in [1.82, 2.24) is 9.97 Å². The summed E-state index contributed by atoms with van der Waals surface area (Å²) < 4.78 is 0. The van der Waals surface area contributed by atoms with Crippen LogP contribution in [-0.4, -0.2) is 28.2 Å². The summed E-state index contributed by atoms with van der Waals surface area (Å²) in [6.07, 6.45) is 1.46. The third-order valence-corrected chi connectivity index (χ3v) is 2.73. The molecule has 1 rings (SSSR count). The number of aromatic nitrogens is 2. The second-order valence-electron chi connectivity index (χ2n) is 3.64. The average molecular weight is 223 g/mol. The second-order valence-corrected chi connectivity index (χ2v) is 3.64. The first kappa shape index (κ1) is 12.7. The Kier molecular flexibility index (Phi) is 4.52. The molecule has 0 amide bonds. The largest absolute Gasteiger partial charge is 0.504 e. The van der Waals surface area contributed by atoms with E-state index < -0.39 is 0 Å². The summed E-state index contributed by atoms with van der Waals surface area (Å²) in [5, 5.41) is 9.90. The zero-order valence-corrected chi connectivity index (χ0v) is 10.6. The zero-order valence-electron chi connectivity index (χ0n) is 10.6. The van der Waals surface area contributed by atoms with E-state index in [0.29, 0.717) is 0 Å². The van der Waals surface area contributed by atoms with Crippen LogP contribution in [0, 0.1) is 0 Å². The molecule has 4 heteroatoms. The summed E-state index contributed by atoms with van der Waals surface area (Å²) in [5.41, 5.74) is 1.49. The van der Waals surface area contributed by atoms with Crippen LogP contribution in [0.4, 0.5) is 5.95 Å². The van der Waals surface area contributed by atoms with Gasteiger partial charge in [0, 0.05) is 13.1 Å². The third kappa shape index (κ3) is 2.43. The molecule has 1 N–H and O–H groups in total. The summed E-state index contributed by atoms with van der Waals surface area (Å²) in [6, 6.07) is 0. The number of rotatable bonds is 5. The molecule has 0 aliphatic rings. The Morgan fingerprint density at radius 2 is 1.38 bits per heavy atom. The van der Waals surface area contributed by atoms with Gasteiger partial charge in [-0.15, -0.1) is 0 Å². The summed E-state index contributed by atoms with van der Waals surface area (Å²) in [7, 11) is 0. The van der Waals surface area contributed by atoms with Gasteiger partial charge in [0.15, 0.2) is 5.75 Å². The maximum Gasteiger partial charge on any atom is 0.226 e. The molecule has 0 aliphatic carbocycles.